The van der Waals surface area contributed by atoms with Gasteiger partial charge in [-0.3, -0.25) is 4.79 Å². The first-order valence-electron chi connectivity index (χ1n) is 6.22. The molecular weight excluding hydrogens is 398 g/mol. The van der Waals surface area contributed by atoms with Gasteiger partial charge in [0.05, 0.1) is 16.4 Å². The van der Waals surface area contributed by atoms with Crippen LogP contribution in [0.5, 0.6) is 0 Å². The summed E-state index contributed by atoms with van der Waals surface area (Å²) >= 11 is 9.58. The van der Waals surface area contributed by atoms with Crippen molar-refractivity contribution in [1.82, 2.24) is 10.2 Å². The fourth-order valence-electron chi connectivity index (χ4n) is 1.45. The summed E-state index contributed by atoms with van der Waals surface area (Å²) in [7, 11) is -3.35. The van der Waals surface area contributed by atoms with Gasteiger partial charge in [-0.2, -0.15) is 0 Å². The molecule has 0 aliphatic carbocycles. The van der Waals surface area contributed by atoms with Crippen molar-refractivity contribution in [2.24, 2.45) is 5.73 Å². The molecule has 0 radical (unpaired) electrons. The van der Waals surface area contributed by atoms with Crippen molar-refractivity contribution in [3.05, 3.63) is 29.3 Å². The van der Waals surface area contributed by atoms with Gasteiger partial charge in [0, 0.05) is 10.8 Å². The standard InChI is InChI=1S/C12H12ClN3O3S4/c13-8-1-3-9(4-2-8)23(18,19)6-5-20-11-15-16-12(22-11)21-7-10(14)17/h1-4H,5-7H2,(H2,14,17). The number of hydrogen-bond donors (Lipinski definition) is 1. The Morgan fingerprint density at radius 3 is 2.39 bits per heavy atom. The first-order valence-corrected chi connectivity index (χ1v) is 11.0. The first kappa shape index (κ1) is 18.5. The molecule has 0 fully saturated rings. The molecule has 124 valence electrons. The Balaban J connectivity index is 1.87. The Hall–Kier alpha value is -0.810. The molecule has 11 heteroatoms. The van der Waals surface area contributed by atoms with E-state index in [9.17, 15) is 13.2 Å². The number of primary amides is 1. The third-order valence-corrected chi connectivity index (χ3v) is 7.93. The average molecular weight is 410 g/mol. The molecule has 1 aromatic carbocycles. The molecule has 23 heavy (non-hydrogen) atoms. The zero-order chi connectivity index (χ0) is 16.9. The van der Waals surface area contributed by atoms with Crippen LogP contribution in [-0.4, -0.2) is 41.8 Å². The van der Waals surface area contributed by atoms with E-state index in [-0.39, 0.29) is 16.4 Å². The minimum atomic E-state index is -3.35. The normalized spacial score (nSPS) is 11.5. The lowest BCUT2D eigenvalue weighted by atomic mass is 10.4. The van der Waals surface area contributed by atoms with Crippen molar-refractivity contribution in [1.29, 1.82) is 0 Å². The molecule has 1 heterocycles. The molecule has 0 bridgehead atoms. The molecule has 0 aliphatic rings. The molecule has 0 saturated carbocycles. The molecule has 0 atom stereocenters. The highest BCUT2D eigenvalue weighted by Crippen LogP contribution is 2.29. The second-order valence-electron chi connectivity index (χ2n) is 4.21. The quantitative estimate of drug-likeness (QED) is 0.667. The zero-order valence-electron chi connectivity index (χ0n) is 11.6. The Labute approximate surface area is 151 Å². The van der Waals surface area contributed by atoms with E-state index in [1.54, 1.807) is 12.1 Å². The number of aromatic nitrogens is 2. The maximum atomic E-state index is 12.2. The van der Waals surface area contributed by atoms with Crippen molar-refractivity contribution in [2.45, 2.75) is 13.6 Å². The van der Waals surface area contributed by atoms with Crippen LogP contribution in [0.25, 0.3) is 0 Å². The molecule has 2 N–H and O–H groups in total. The van der Waals surface area contributed by atoms with Crippen LogP contribution in [0.1, 0.15) is 0 Å². The van der Waals surface area contributed by atoms with Gasteiger partial charge in [-0.05, 0) is 24.3 Å². The fraction of sp³-hybridized carbons (Fsp3) is 0.250. The number of sulfone groups is 1. The lowest BCUT2D eigenvalue weighted by Gasteiger charge is -2.03. The SMILES string of the molecule is NC(=O)CSc1nnc(SCCS(=O)(=O)c2ccc(Cl)cc2)s1. The van der Waals surface area contributed by atoms with Gasteiger partial charge in [0.1, 0.15) is 0 Å². The van der Waals surface area contributed by atoms with Crippen LogP contribution in [0.15, 0.2) is 37.8 Å². The molecule has 0 aliphatic heterocycles. The van der Waals surface area contributed by atoms with Crippen LogP contribution in [-0.2, 0) is 14.6 Å². The van der Waals surface area contributed by atoms with Gasteiger partial charge in [0.25, 0.3) is 0 Å². The highest BCUT2D eigenvalue weighted by atomic mass is 35.5. The third kappa shape index (κ3) is 5.96. The summed E-state index contributed by atoms with van der Waals surface area (Å²) in [5.41, 5.74) is 5.06. The summed E-state index contributed by atoms with van der Waals surface area (Å²) in [5.74, 6) is 0.0703. The number of carbonyl (C=O) groups is 1. The van der Waals surface area contributed by atoms with E-state index in [0.717, 1.165) is 0 Å². The maximum absolute atomic E-state index is 12.2. The van der Waals surface area contributed by atoms with Gasteiger partial charge < -0.3 is 5.73 Å². The lowest BCUT2D eigenvalue weighted by molar-refractivity contribution is -0.115. The Kier molecular flexibility index (Phi) is 6.72. The van der Waals surface area contributed by atoms with Gasteiger partial charge in [0.15, 0.2) is 18.5 Å². The lowest BCUT2D eigenvalue weighted by Crippen LogP contribution is -2.12. The molecule has 6 nitrogen and oxygen atoms in total. The smallest absolute Gasteiger partial charge is 0.227 e. The van der Waals surface area contributed by atoms with Gasteiger partial charge in [-0.1, -0.05) is 46.5 Å². The maximum Gasteiger partial charge on any atom is 0.227 e. The van der Waals surface area contributed by atoms with Crippen LogP contribution in [0.4, 0.5) is 0 Å². The molecule has 0 saturated heterocycles. The van der Waals surface area contributed by atoms with Crippen molar-refractivity contribution >= 4 is 62.2 Å². The minimum Gasteiger partial charge on any atom is -0.369 e. The number of nitrogens with zero attached hydrogens (tertiary/aromatic N) is 2. The number of benzene rings is 1. The highest BCUT2D eigenvalue weighted by molar-refractivity contribution is 8.04. The largest absolute Gasteiger partial charge is 0.369 e. The Morgan fingerprint density at radius 1 is 1.17 bits per heavy atom. The first-order chi connectivity index (χ1) is 10.9. The second kappa shape index (κ2) is 8.34. The van der Waals surface area contributed by atoms with Crippen molar-refractivity contribution in [3.8, 4) is 0 Å². The monoisotopic (exact) mass is 409 g/mol. The summed E-state index contributed by atoms with van der Waals surface area (Å²) in [5, 5.41) is 8.35. The third-order valence-electron chi connectivity index (χ3n) is 2.48. The number of rotatable bonds is 8. The number of thioether (sulfide) groups is 2. The van der Waals surface area contributed by atoms with Crippen molar-refractivity contribution in [2.75, 3.05) is 17.3 Å². The van der Waals surface area contributed by atoms with E-state index in [1.807, 2.05) is 0 Å². The number of hydrogen-bond acceptors (Lipinski definition) is 8. The van der Waals surface area contributed by atoms with E-state index in [4.69, 9.17) is 17.3 Å². The summed E-state index contributed by atoms with van der Waals surface area (Å²) in [6, 6.07) is 6.08. The fourth-order valence-corrected chi connectivity index (χ4v) is 6.05. The molecular formula is C12H12ClN3O3S4. The Morgan fingerprint density at radius 2 is 1.78 bits per heavy atom. The number of nitrogens with two attached hydrogens (primary N) is 1. The zero-order valence-corrected chi connectivity index (χ0v) is 15.7. The minimum absolute atomic E-state index is 0.0113. The summed E-state index contributed by atoms with van der Waals surface area (Å²) in [6.45, 7) is 0. The van der Waals surface area contributed by atoms with Crippen LogP contribution in [0.2, 0.25) is 5.02 Å². The van der Waals surface area contributed by atoms with Gasteiger partial charge >= 0.3 is 0 Å². The summed E-state index contributed by atoms with van der Waals surface area (Å²) in [4.78, 5) is 10.9. The van der Waals surface area contributed by atoms with E-state index in [0.29, 0.717) is 19.5 Å². The predicted molar refractivity (Wildman–Crippen MR) is 94.1 cm³/mol. The van der Waals surface area contributed by atoms with Crippen molar-refractivity contribution < 1.29 is 13.2 Å². The molecule has 1 aromatic heterocycles. The topological polar surface area (TPSA) is 103 Å². The molecule has 2 rings (SSSR count). The van der Waals surface area contributed by atoms with Crippen LogP contribution >= 0.6 is 46.5 Å². The number of carbonyl (C=O) groups excluding carboxylic acids is 1. The van der Waals surface area contributed by atoms with Gasteiger partial charge in [-0.25, -0.2) is 8.42 Å². The van der Waals surface area contributed by atoms with Crippen molar-refractivity contribution in [3.63, 3.8) is 0 Å². The van der Waals surface area contributed by atoms with E-state index in [2.05, 4.69) is 10.2 Å². The number of halogens is 1. The van der Waals surface area contributed by atoms with E-state index in [1.165, 1.54) is 47.0 Å². The average Bonchev–Trinajstić information content (AvgIpc) is 2.93. The van der Waals surface area contributed by atoms with Crippen LogP contribution in [0.3, 0.4) is 0 Å². The highest BCUT2D eigenvalue weighted by Gasteiger charge is 2.15. The molecule has 0 unspecified atom stereocenters. The van der Waals surface area contributed by atoms with E-state index < -0.39 is 15.7 Å². The van der Waals surface area contributed by atoms with Gasteiger partial charge in [0.2, 0.25) is 5.91 Å². The number of amides is 1. The second-order valence-corrected chi connectivity index (χ2v) is 10.3. The van der Waals surface area contributed by atoms with Crippen LogP contribution in [0, 0.1) is 0 Å². The summed E-state index contributed by atoms with van der Waals surface area (Å²) in [6.07, 6.45) is 0. The molecule has 0 spiro atoms. The van der Waals surface area contributed by atoms with Crippen LogP contribution < -0.4 is 5.73 Å². The molecule has 1 amide bonds. The van der Waals surface area contributed by atoms with E-state index >= 15 is 0 Å². The predicted octanol–water partition coefficient (Wildman–Crippen LogP) is 2.33. The van der Waals surface area contributed by atoms with Gasteiger partial charge in [-0.15, -0.1) is 10.2 Å². The molecule has 2 aromatic rings. The summed E-state index contributed by atoms with van der Waals surface area (Å²) < 4.78 is 25.6. The Bertz CT molecular complexity index is 777.